The molecule has 7 nitrogen and oxygen atoms in total. The Hall–Kier alpha value is -2.03. The van der Waals surface area contributed by atoms with Crippen LogP contribution in [0.25, 0.3) is 10.2 Å². The third-order valence-corrected chi connectivity index (χ3v) is 7.44. The first-order chi connectivity index (χ1) is 14.7. The van der Waals surface area contributed by atoms with E-state index in [2.05, 4.69) is 41.0 Å². The molecule has 2 fully saturated rings. The molecule has 3 aromatic heterocycles. The zero-order valence-electron chi connectivity index (χ0n) is 17.9. The van der Waals surface area contributed by atoms with Gasteiger partial charge in [0.25, 0.3) is 0 Å². The fourth-order valence-corrected chi connectivity index (χ4v) is 5.52. The molecule has 0 bridgehead atoms. The highest BCUT2D eigenvalue weighted by molar-refractivity contribution is 7.18. The monoisotopic (exact) mass is 426 g/mol. The van der Waals surface area contributed by atoms with Crippen LogP contribution in [-0.2, 0) is 17.8 Å². The summed E-state index contributed by atoms with van der Waals surface area (Å²) in [6.07, 6.45) is 7.27. The molecule has 1 saturated carbocycles. The molecule has 5 rings (SSSR count). The van der Waals surface area contributed by atoms with E-state index in [1.807, 2.05) is 0 Å². The Kier molecular flexibility index (Phi) is 5.71. The molecular weight excluding hydrogens is 396 g/mol. The van der Waals surface area contributed by atoms with Crippen LogP contribution in [-0.4, -0.2) is 51.0 Å². The van der Waals surface area contributed by atoms with Gasteiger partial charge in [-0.25, -0.2) is 9.97 Å². The van der Waals surface area contributed by atoms with Crippen LogP contribution in [0.1, 0.15) is 53.7 Å². The van der Waals surface area contributed by atoms with Crippen LogP contribution < -0.4 is 5.32 Å². The lowest BCUT2D eigenvalue weighted by atomic mass is 10.2. The molecule has 2 aliphatic rings. The number of anilines is 1. The Bertz CT molecular complexity index is 1020. The number of hydrogen-bond acceptors (Lipinski definition) is 7. The molecule has 8 heteroatoms. The molecule has 0 radical (unpaired) electrons. The van der Waals surface area contributed by atoms with E-state index in [1.54, 1.807) is 11.3 Å². The predicted molar refractivity (Wildman–Crippen MR) is 120 cm³/mol. The lowest BCUT2D eigenvalue weighted by Gasteiger charge is -2.25. The van der Waals surface area contributed by atoms with E-state index in [0.29, 0.717) is 12.6 Å². The highest BCUT2D eigenvalue weighted by atomic mass is 32.1. The number of hydrogen-bond donors (Lipinski definition) is 1. The standard InChI is InChI=1S/C22H30N6OS/c1-15-16(2)30-22-20(15)21(24-19(25-22)14-27-9-11-29-12-10-27)23-13-17-7-8-28(26-17)18-5-3-4-6-18/h7-8,18H,3-6,9-14H2,1-2H3,(H,23,24,25). The topological polar surface area (TPSA) is 68.1 Å². The Morgan fingerprint density at radius 1 is 1.17 bits per heavy atom. The largest absolute Gasteiger partial charge is 0.379 e. The zero-order chi connectivity index (χ0) is 20.5. The smallest absolute Gasteiger partial charge is 0.146 e. The molecule has 0 atom stereocenters. The molecule has 0 aromatic carbocycles. The second-order valence-electron chi connectivity index (χ2n) is 8.42. The fourth-order valence-electron chi connectivity index (χ4n) is 4.47. The SMILES string of the molecule is Cc1sc2nc(CN3CCOCC3)nc(NCc3ccn(C4CCCC4)n3)c2c1C. The zero-order valence-corrected chi connectivity index (χ0v) is 18.7. The fraction of sp³-hybridized carbons (Fsp3) is 0.591. The van der Waals surface area contributed by atoms with E-state index >= 15 is 0 Å². The maximum Gasteiger partial charge on any atom is 0.146 e. The second kappa shape index (κ2) is 8.61. The van der Waals surface area contributed by atoms with E-state index in [-0.39, 0.29) is 0 Å². The number of aryl methyl sites for hydroxylation is 2. The maximum absolute atomic E-state index is 5.48. The normalized spacial score (nSPS) is 18.5. The first-order valence-electron chi connectivity index (χ1n) is 11.0. The predicted octanol–water partition coefficient (Wildman–Crippen LogP) is 4.06. The number of fused-ring (bicyclic) bond motifs is 1. The van der Waals surface area contributed by atoms with Crippen LogP contribution in [0, 0.1) is 13.8 Å². The molecule has 160 valence electrons. The number of nitrogens with zero attached hydrogens (tertiary/aromatic N) is 5. The summed E-state index contributed by atoms with van der Waals surface area (Å²) in [6.45, 7) is 9.21. The minimum absolute atomic E-state index is 0.575. The van der Waals surface area contributed by atoms with Gasteiger partial charge in [0, 0.05) is 24.2 Å². The van der Waals surface area contributed by atoms with Gasteiger partial charge in [-0.2, -0.15) is 5.10 Å². The number of rotatable bonds is 6. The van der Waals surface area contributed by atoms with Gasteiger partial charge < -0.3 is 10.1 Å². The van der Waals surface area contributed by atoms with Crippen LogP contribution in [0.5, 0.6) is 0 Å². The van der Waals surface area contributed by atoms with Crippen LogP contribution in [0.2, 0.25) is 0 Å². The van der Waals surface area contributed by atoms with E-state index < -0.39 is 0 Å². The van der Waals surface area contributed by atoms with Crippen molar-refractivity contribution >= 4 is 27.4 Å². The molecule has 0 unspecified atom stereocenters. The number of aromatic nitrogens is 4. The van der Waals surface area contributed by atoms with Crippen LogP contribution in [0.3, 0.4) is 0 Å². The number of nitrogens with one attached hydrogen (secondary N) is 1. The van der Waals surface area contributed by atoms with E-state index in [4.69, 9.17) is 19.8 Å². The van der Waals surface area contributed by atoms with Gasteiger partial charge in [0.05, 0.1) is 43.4 Å². The highest BCUT2D eigenvalue weighted by Gasteiger charge is 2.19. The summed E-state index contributed by atoms with van der Waals surface area (Å²) in [4.78, 5) is 14.6. The van der Waals surface area contributed by atoms with Crippen LogP contribution in [0.4, 0.5) is 5.82 Å². The van der Waals surface area contributed by atoms with E-state index in [1.165, 1.54) is 36.1 Å². The minimum Gasteiger partial charge on any atom is -0.379 e. The van der Waals surface area contributed by atoms with Crippen molar-refractivity contribution in [2.75, 3.05) is 31.6 Å². The lowest BCUT2D eigenvalue weighted by molar-refractivity contribution is 0.0331. The molecule has 1 saturated heterocycles. The van der Waals surface area contributed by atoms with E-state index in [9.17, 15) is 0 Å². The molecule has 1 N–H and O–H groups in total. The average molecular weight is 427 g/mol. The van der Waals surface area contributed by atoms with Crippen molar-refractivity contribution in [2.24, 2.45) is 0 Å². The molecule has 0 spiro atoms. The third-order valence-electron chi connectivity index (χ3n) is 6.34. The van der Waals surface area contributed by atoms with Gasteiger partial charge in [0.2, 0.25) is 0 Å². The van der Waals surface area contributed by atoms with Crippen molar-refractivity contribution in [1.82, 2.24) is 24.6 Å². The van der Waals surface area contributed by atoms with Crippen molar-refractivity contribution in [2.45, 2.75) is 58.7 Å². The van der Waals surface area contributed by atoms with Gasteiger partial charge in [0.1, 0.15) is 16.5 Å². The minimum atomic E-state index is 0.575. The number of thiophene rings is 1. The Morgan fingerprint density at radius 2 is 1.97 bits per heavy atom. The summed E-state index contributed by atoms with van der Waals surface area (Å²) in [6, 6.07) is 2.70. The summed E-state index contributed by atoms with van der Waals surface area (Å²) < 4.78 is 7.63. The summed E-state index contributed by atoms with van der Waals surface area (Å²) in [5.74, 6) is 1.81. The highest BCUT2D eigenvalue weighted by Crippen LogP contribution is 2.34. The van der Waals surface area contributed by atoms with Gasteiger partial charge in [-0.3, -0.25) is 9.58 Å². The molecule has 1 aliphatic carbocycles. The first kappa shape index (κ1) is 19.9. The average Bonchev–Trinajstić information content (AvgIpc) is 3.48. The third kappa shape index (κ3) is 4.08. The molecule has 0 amide bonds. The van der Waals surface area contributed by atoms with Crippen molar-refractivity contribution in [1.29, 1.82) is 0 Å². The molecule has 30 heavy (non-hydrogen) atoms. The van der Waals surface area contributed by atoms with Gasteiger partial charge in [-0.05, 0) is 38.3 Å². The van der Waals surface area contributed by atoms with Crippen LogP contribution >= 0.6 is 11.3 Å². The molecule has 4 heterocycles. The molecule has 3 aromatic rings. The van der Waals surface area contributed by atoms with Gasteiger partial charge in [0.15, 0.2) is 0 Å². The first-order valence-corrected chi connectivity index (χ1v) is 11.8. The second-order valence-corrected chi connectivity index (χ2v) is 9.62. The van der Waals surface area contributed by atoms with Crippen molar-refractivity contribution in [3.63, 3.8) is 0 Å². The summed E-state index contributed by atoms with van der Waals surface area (Å²) >= 11 is 1.76. The molecular formula is C22H30N6OS. The lowest BCUT2D eigenvalue weighted by Crippen LogP contribution is -2.36. The van der Waals surface area contributed by atoms with Crippen LogP contribution in [0.15, 0.2) is 12.3 Å². The number of ether oxygens (including phenoxy) is 1. The Balaban J connectivity index is 1.37. The number of morpholine rings is 1. The van der Waals surface area contributed by atoms with Gasteiger partial charge in [-0.15, -0.1) is 11.3 Å². The molecule has 1 aliphatic heterocycles. The summed E-state index contributed by atoms with van der Waals surface area (Å²) in [5, 5.41) is 9.55. The summed E-state index contributed by atoms with van der Waals surface area (Å²) in [7, 11) is 0. The van der Waals surface area contributed by atoms with Crippen molar-refractivity contribution in [3.05, 3.63) is 34.2 Å². The van der Waals surface area contributed by atoms with Crippen molar-refractivity contribution < 1.29 is 4.74 Å². The summed E-state index contributed by atoms with van der Waals surface area (Å²) in [5.41, 5.74) is 2.33. The Morgan fingerprint density at radius 3 is 2.77 bits per heavy atom. The van der Waals surface area contributed by atoms with Gasteiger partial charge >= 0.3 is 0 Å². The quantitative estimate of drug-likeness (QED) is 0.641. The van der Waals surface area contributed by atoms with Gasteiger partial charge in [-0.1, -0.05) is 12.8 Å². The van der Waals surface area contributed by atoms with Crippen molar-refractivity contribution in [3.8, 4) is 0 Å². The van der Waals surface area contributed by atoms with E-state index in [0.717, 1.165) is 60.4 Å². The maximum atomic E-state index is 5.48. The Labute approximate surface area is 181 Å².